The fraction of sp³-hybridized carbons (Fsp3) is 0.682. The van der Waals surface area contributed by atoms with E-state index in [0.29, 0.717) is 11.9 Å². The van der Waals surface area contributed by atoms with Crippen molar-refractivity contribution in [3.63, 3.8) is 0 Å². The molecule has 0 aromatic carbocycles. The Kier molecular flexibility index (Phi) is 7.15. The first kappa shape index (κ1) is 25.1. The van der Waals surface area contributed by atoms with E-state index in [1.54, 1.807) is 0 Å². The zero-order valence-electron chi connectivity index (χ0n) is 19.6. The van der Waals surface area contributed by atoms with Crippen molar-refractivity contribution in [3.05, 3.63) is 29.6 Å². The lowest BCUT2D eigenvalue weighted by molar-refractivity contribution is -0.192. The monoisotopic (exact) mass is 497 g/mol. The van der Waals surface area contributed by atoms with E-state index in [9.17, 15) is 18.0 Å². The second kappa shape index (κ2) is 9.96. The first-order valence-electron chi connectivity index (χ1n) is 11.9. The van der Waals surface area contributed by atoms with Crippen LogP contribution in [0.1, 0.15) is 61.0 Å². The van der Waals surface area contributed by atoms with E-state index in [0.717, 1.165) is 77.1 Å². The van der Waals surface area contributed by atoms with Gasteiger partial charge in [0, 0.05) is 43.9 Å². The van der Waals surface area contributed by atoms with E-state index in [1.165, 1.54) is 5.56 Å². The Balaban J connectivity index is 0.000000364. The second-order valence-corrected chi connectivity index (χ2v) is 9.56. The van der Waals surface area contributed by atoms with Crippen LogP contribution in [0.2, 0.25) is 0 Å². The zero-order chi connectivity index (χ0) is 25.2. The standard InChI is InChI=1S/C20H29N7O.C2HF3O2/c1-2-26-13-15(11-21-26)12-25-9-7-20(8-10-25)6-5-17-23-24-18(27(17)14-20)19(28)22-16-3-4-16;3-2(4,5)1(6)7/h11,13,16H,2-10,12,14H2,1H3,(H,22,28);(H,6,7). The molecule has 0 atom stereocenters. The average Bonchev–Trinajstić information content (AvgIpc) is 3.35. The molecule has 10 nitrogen and oxygen atoms in total. The number of carboxylic acids is 1. The summed E-state index contributed by atoms with van der Waals surface area (Å²) in [5.41, 5.74) is 1.57. The van der Waals surface area contributed by atoms with Gasteiger partial charge in [-0.25, -0.2) is 4.79 Å². The van der Waals surface area contributed by atoms with E-state index < -0.39 is 12.1 Å². The normalized spacial score (nSPS) is 19.5. The minimum absolute atomic E-state index is 0.0522. The number of carboxylic acid groups (broad SMARTS) is 1. The Hall–Kier alpha value is -2.96. The number of carbonyl (C=O) groups excluding carboxylic acids is 1. The van der Waals surface area contributed by atoms with Crippen LogP contribution in [0.4, 0.5) is 13.2 Å². The smallest absolute Gasteiger partial charge is 0.475 e. The molecule has 1 saturated carbocycles. The van der Waals surface area contributed by atoms with Crippen molar-refractivity contribution < 1.29 is 27.9 Å². The topological polar surface area (TPSA) is 118 Å². The van der Waals surface area contributed by atoms with Crippen LogP contribution in [-0.2, 0) is 30.8 Å². The molecule has 1 spiro atoms. The van der Waals surface area contributed by atoms with E-state index in [4.69, 9.17) is 9.90 Å². The van der Waals surface area contributed by atoms with Crippen molar-refractivity contribution in [1.29, 1.82) is 0 Å². The molecule has 2 N–H and O–H groups in total. The molecule has 3 aliphatic rings. The van der Waals surface area contributed by atoms with Crippen LogP contribution in [0, 0.1) is 5.41 Å². The highest BCUT2D eigenvalue weighted by atomic mass is 19.4. The molecule has 1 saturated heterocycles. The summed E-state index contributed by atoms with van der Waals surface area (Å²) >= 11 is 0. The van der Waals surface area contributed by atoms with Gasteiger partial charge in [-0.15, -0.1) is 10.2 Å². The van der Waals surface area contributed by atoms with Gasteiger partial charge in [-0.1, -0.05) is 0 Å². The molecule has 2 fully saturated rings. The Bertz CT molecular complexity index is 1050. The zero-order valence-corrected chi connectivity index (χ0v) is 19.6. The number of hydrogen-bond donors (Lipinski definition) is 2. The third-order valence-electron chi connectivity index (χ3n) is 6.89. The highest BCUT2D eigenvalue weighted by Gasteiger charge is 2.40. The summed E-state index contributed by atoms with van der Waals surface area (Å²) in [5.74, 6) is -1.33. The molecule has 5 rings (SSSR count). The lowest BCUT2D eigenvalue weighted by Crippen LogP contribution is -2.44. The summed E-state index contributed by atoms with van der Waals surface area (Å²) in [6.45, 7) is 7.08. The molecule has 2 aliphatic heterocycles. The third kappa shape index (κ3) is 6.19. The Morgan fingerprint density at radius 1 is 1.20 bits per heavy atom. The maximum Gasteiger partial charge on any atom is 0.490 e. The first-order valence-corrected chi connectivity index (χ1v) is 11.9. The number of rotatable bonds is 5. The van der Waals surface area contributed by atoms with Gasteiger partial charge in [-0.2, -0.15) is 18.3 Å². The van der Waals surface area contributed by atoms with E-state index in [-0.39, 0.29) is 11.3 Å². The summed E-state index contributed by atoms with van der Waals surface area (Å²) < 4.78 is 35.8. The number of amides is 1. The van der Waals surface area contributed by atoms with E-state index >= 15 is 0 Å². The molecule has 1 aliphatic carbocycles. The Morgan fingerprint density at radius 2 is 1.89 bits per heavy atom. The third-order valence-corrected chi connectivity index (χ3v) is 6.89. The number of piperidine rings is 1. The van der Waals surface area contributed by atoms with E-state index in [1.807, 2.05) is 10.9 Å². The number of nitrogens with one attached hydrogen (secondary N) is 1. The lowest BCUT2D eigenvalue weighted by atomic mass is 9.73. The maximum absolute atomic E-state index is 12.5. The fourth-order valence-electron chi connectivity index (χ4n) is 4.64. The van der Waals surface area contributed by atoms with Crippen molar-refractivity contribution in [2.45, 2.75) is 77.3 Å². The number of halogens is 3. The molecular weight excluding hydrogens is 467 g/mol. The van der Waals surface area contributed by atoms with Crippen LogP contribution in [0.5, 0.6) is 0 Å². The molecule has 1 amide bonds. The number of hydrogen-bond acceptors (Lipinski definition) is 6. The SMILES string of the molecule is CCn1cc(CN2CCC3(CCc4nnc(C(=O)NC5CC5)n4C3)CC2)cn1.O=C(O)C(F)(F)F. The van der Waals surface area contributed by atoms with Crippen LogP contribution < -0.4 is 5.32 Å². The maximum atomic E-state index is 12.5. The molecule has 2 aromatic heterocycles. The molecular formula is C22H30F3N7O3. The summed E-state index contributed by atoms with van der Waals surface area (Å²) in [4.78, 5) is 24.0. The van der Waals surface area contributed by atoms with Crippen molar-refractivity contribution in [3.8, 4) is 0 Å². The second-order valence-electron chi connectivity index (χ2n) is 9.56. The number of aliphatic carboxylic acids is 1. The van der Waals surface area contributed by atoms with Crippen LogP contribution in [-0.4, -0.2) is 71.7 Å². The lowest BCUT2D eigenvalue weighted by Gasteiger charge is -2.44. The number of nitrogens with zero attached hydrogens (tertiary/aromatic N) is 6. The van der Waals surface area contributed by atoms with Crippen molar-refractivity contribution in [1.82, 2.24) is 34.8 Å². The minimum Gasteiger partial charge on any atom is -0.475 e. The van der Waals surface area contributed by atoms with E-state index in [2.05, 4.69) is 43.2 Å². The number of aromatic nitrogens is 5. The van der Waals surface area contributed by atoms with Crippen LogP contribution in [0.15, 0.2) is 12.4 Å². The predicted molar refractivity (Wildman–Crippen MR) is 117 cm³/mol. The molecule has 192 valence electrons. The highest BCUT2D eigenvalue weighted by molar-refractivity contribution is 5.91. The van der Waals surface area contributed by atoms with Gasteiger partial charge in [-0.05, 0) is 57.5 Å². The van der Waals surface area contributed by atoms with Gasteiger partial charge >= 0.3 is 12.1 Å². The molecule has 2 aromatic rings. The number of fused-ring (bicyclic) bond motifs is 1. The molecule has 13 heteroatoms. The molecule has 0 unspecified atom stereocenters. The number of alkyl halides is 3. The highest BCUT2D eigenvalue weighted by Crippen LogP contribution is 2.41. The van der Waals surface area contributed by atoms with Gasteiger partial charge in [-0.3, -0.25) is 14.4 Å². The summed E-state index contributed by atoms with van der Waals surface area (Å²) in [7, 11) is 0. The molecule has 0 radical (unpaired) electrons. The minimum atomic E-state index is -5.08. The Morgan fingerprint density at radius 3 is 2.46 bits per heavy atom. The van der Waals surface area contributed by atoms with Crippen molar-refractivity contribution in [2.75, 3.05) is 13.1 Å². The van der Waals surface area contributed by atoms with Crippen LogP contribution in [0.3, 0.4) is 0 Å². The van der Waals surface area contributed by atoms with Gasteiger partial charge in [0.2, 0.25) is 5.82 Å². The van der Waals surface area contributed by atoms with Gasteiger partial charge in [0.15, 0.2) is 0 Å². The number of carbonyl (C=O) groups is 2. The van der Waals surface area contributed by atoms with Crippen molar-refractivity contribution >= 4 is 11.9 Å². The van der Waals surface area contributed by atoms with Gasteiger partial charge < -0.3 is 15.0 Å². The summed E-state index contributed by atoms with van der Waals surface area (Å²) in [5, 5.41) is 23.1. The van der Waals surface area contributed by atoms with Crippen LogP contribution in [0.25, 0.3) is 0 Å². The number of aryl methyl sites for hydroxylation is 2. The average molecular weight is 498 g/mol. The molecule has 4 heterocycles. The van der Waals surface area contributed by atoms with Gasteiger partial charge in [0.1, 0.15) is 5.82 Å². The van der Waals surface area contributed by atoms with Crippen molar-refractivity contribution in [2.24, 2.45) is 5.41 Å². The van der Waals surface area contributed by atoms with Gasteiger partial charge in [0.05, 0.1) is 6.20 Å². The van der Waals surface area contributed by atoms with Crippen LogP contribution >= 0.6 is 0 Å². The number of likely N-dealkylation sites (tertiary alicyclic amines) is 1. The quantitative estimate of drug-likeness (QED) is 0.651. The summed E-state index contributed by atoms with van der Waals surface area (Å²) in [6.07, 6.45) is 5.63. The molecule has 0 bridgehead atoms. The molecule has 35 heavy (non-hydrogen) atoms. The predicted octanol–water partition coefficient (Wildman–Crippen LogP) is 2.25. The fourth-order valence-corrected chi connectivity index (χ4v) is 4.64. The Labute approximate surface area is 200 Å². The first-order chi connectivity index (χ1) is 16.6. The largest absolute Gasteiger partial charge is 0.490 e. The summed E-state index contributed by atoms with van der Waals surface area (Å²) in [6, 6.07) is 0.346. The van der Waals surface area contributed by atoms with Gasteiger partial charge in [0.25, 0.3) is 5.91 Å².